The molecule has 0 aliphatic heterocycles. The van der Waals surface area contributed by atoms with Gasteiger partial charge in [0.1, 0.15) is 0 Å². The molecule has 0 spiro atoms. The highest BCUT2D eigenvalue weighted by atomic mass is 35.5. The van der Waals surface area contributed by atoms with Crippen LogP contribution in [0.1, 0.15) is 18.5 Å². The van der Waals surface area contributed by atoms with Crippen molar-refractivity contribution in [2.45, 2.75) is 13.0 Å². The number of benzene rings is 1. The van der Waals surface area contributed by atoms with Crippen molar-refractivity contribution >= 4 is 11.6 Å². The highest BCUT2D eigenvalue weighted by molar-refractivity contribution is 6.30. The van der Waals surface area contributed by atoms with E-state index in [0.29, 0.717) is 5.88 Å². The van der Waals surface area contributed by atoms with Crippen LogP contribution in [-0.4, -0.2) is 4.98 Å². The number of hydrogen-bond acceptors (Lipinski definition) is 3. The zero-order valence-electron chi connectivity index (χ0n) is 9.73. The lowest BCUT2D eigenvalue weighted by Gasteiger charge is -2.08. The minimum Gasteiger partial charge on any atom is -0.436 e. The molecule has 1 aromatic heterocycles. The van der Waals surface area contributed by atoms with E-state index in [1.165, 1.54) is 12.1 Å². The van der Waals surface area contributed by atoms with E-state index in [9.17, 15) is 4.39 Å². The molecule has 0 radical (unpaired) electrons. The van der Waals surface area contributed by atoms with Crippen LogP contribution in [0.5, 0.6) is 11.6 Å². The van der Waals surface area contributed by atoms with Gasteiger partial charge in [0.25, 0.3) is 0 Å². The van der Waals surface area contributed by atoms with Gasteiger partial charge in [0, 0.05) is 18.3 Å². The van der Waals surface area contributed by atoms with Gasteiger partial charge in [-0.25, -0.2) is 9.37 Å². The predicted octanol–water partition coefficient (Wildman–Crippen LogP) is 3.69. The molecule has 2 rings (SSSR count). The number of hydrogen-bond donors (Lipinski definition) is 1. The van der Waals surface area contributed by atoms with Crippen LogP contribution < -0.4 is 10.5 Å². The van der Waals surface area contributed by atoms with E-state index >= 15 is 0 Å². The molecular weight excluding hydrogens is 255 g/mol. The van der Waals surface area contributed by atoms with Crippen molar-refractivity contribution < 1.29 is 9.13 Å². The topological polar surface area (TPSA) is 48.1 Å². The summed E-state index contributed by atoms with van der Waals surface area (Å²) in [6.07, 6.45) is 1.60. The molecule has 2 N–H and O–H groups in total. The van der Waals surface area contributed by atoms with Crippen molar-refractivity contribution in [2.75, 3.05) is 0 Å². The molecule has 0 aliphatic rings. The van der Waals surface area contributed by atoms with Crippen molar-refractivity contribution in [3.63, 3.8) is 0 Å². The molecule has 1 heterocycles. The molecule has 0 unspecified atom stereocenters. The van der Waals surface area contributed by atoms with Gasteiger partial charge in [-0.3, -0.25) is 0 Å². The van der Waals surface area contributed by atoms with E-state index in [0.717, 1.165) is 5.56 Å². The highest BCUT2D eigenvalue weighted by Gasteiger charge is 2.09. The largest absolute Gasteiger partial charge is 0.436 e. The quantitative estimate of drug-likeness (QED) is 0.922. The van der Waals surface area contributed by atoms with Gasteiger partial charge in [-0.2, -0.15) is 0 Å². The summed E-state index contributed by atoms with van der Waals surface area (Å²) in [5, 5.41) is 0.0136. The zero-order valence-corrected chi connectivity index (χ0v) is 10.5. The van der Waals surface area contributed by atoms with Crippen LogP contribution in [-0.2, 0) is 0 Å². The maximum atomic E-state index is 13.6. The molecule has 5 heteroatoms. The summed E-state index contributed by atoms with van der Waals surface area (Å²) < 4.78 is 18.9. The van der Waals surface area contributed by atoms with Gasteiger partial charge in [-0.15, -0.1) is 0 Å². The third-order valence-corrected chi connectivity index (χ3v) is 2.71. The summed E-state index contributed by atoms with van der Waals surface area (Å²) in [6.45, 7) is 1.86. The van der Waals surface area contributed by atoms with E-state index in [1.807, 2.05) is 6.92 Å². The predicted molar refractivity (Wildman–Crippen MR) is 68.3 cm³/mol. The Kier molecular flexibility index (Phi) is 3.79. The van der Waals surface area contributed by atoms with E-state index in [2.05, 4.69) is 4.98 Å². The van der Waals surface area contributed by atoms with Crippen LogP contribution in [0, 0.1) is 5.82 Å². The van der Waals surface area contributed by atoms with Crippen LogP contribution in [0.25, 0.3) is 0 Å². The lowest BCUT2D eigenvalue weighted by atomic mass is 10.2. The summed E-state index contributed by atoms with van der Waals surface area (Å²) in [6, 6.07) is 7.87. The number of ether oxygens (including phenoxy) is 1. The lowest BCUT2D eigenvalue weighted by molar-refractivity contribution is 0.427. The third-order valence-electron chi connectivity index (χ3n) is 2.42. The van der Waals surface area contributed by atoms with E-state index < -0.39 is 5.82 Å². The van der Waals surface area contributed by atoms with Crippen LogP contribution in [0.3, 0.4) is 0 Å². The average molecular weight is 267 g/mol. The second-order valence-electron chi connectivity index (χ2n) is 3.87. The number of nitrogens with zero attached hydrogens (tertiary/aromatic N) is 1. The molecule has 1 atom stereocenters. The maximum absolute atomic E-state index is 13.6. The second kappa shape index (κ2) is 5.33. The van der Waals surface area contributed by atoms with E-state index in [1.54, 1.807) is 24.4 Å². The molecule has 0 fully saturated rings. The van der Waals surface area contributed by atoms with Crippen LogP contribution in [0.15, 0.2) is 36.5 Å². The van der Waals surface area contributed by atoms with Gasteiger partial charge in [0.2, 0.25) is 5.88 Å². The molecule has 3 nitrogen and oxygen atoms in total. The smallest absolute Gasteiger partial charge is 0.219 e. The standard InChI is InChI=1S/C13H12ClFN2O/c1-8(16)9-5-6-12(17-7-9)18-11-4-2-3-10(14)13(11)15/h2-8H,16H2,1H3/t8-/m1/s1. The first-order valence-corrected chi connectivity index (χ1v) is 5.79. The van der Waals surface area contributed by atoms with Gasteiger partial charge in [0.15, 0.2) is 11.6 Å². The molecule has 18 heavy (non-hydrogen) atoms. The molecule has 0 aliphatic carbocycles. The Bertz CT molecular complexity index is 543. The molecule has 2 aromatic rings. The Morgan fingerprint density at radius 1 is 1.33 bits per heavy atom. The van der Waals surface area contributed by atoms with Crippen LogP contribution >= 0.6 is 11.6 Å². The molecular formula is C13H12ClFN2O. The molecule has 0 saturated heterocycles. The van der Waals surface area contributed by atoms with Gasteiger partial charge in [-0.05, 0) is 24.6 Å². The molecule has 94 valence electrons. The SMILES string of the molecule is C[C@@H](N)c1ccc(Oc2cccc(Cl)c2F)nc1. The van der Waals surface area contributed by atoms with Gasteiger partial charge in [-0.1, -0.05) is 23.7 Å². The van der Waals surface area contributed by atoms with Crippen LogP contribution in [0.2, 0.25) is 5.02 Å². The summed E-state index contributed by atoms with van der Waals surface area (Å²) in [5.41, 5.74) is 6.59. The number of nitrogens with two attached hydrogens (primary N) is 1. The second-order valence-corrected chi connectivity index (χ2v) is 4.28. The van der Waals surface area contributed by atoms with Crippen molar-refractivity contribution in [1.29, 1.82) is 0 Å². The fraction of sp³-hybridized carbons (Fsp3) is 0.154. The third kappa shape index (κ3) is 2.78. The first kappa shape index (κ1) is 12.8. The number of rotatable bonds is 3. The minimum absolute atomic E-state index is 0.0136. The summed E-state index contributed by atoms with van der Waals surface area (Å²) in [5.74, 6) is -0.263. The Labute approximate surface area is 109 Å². The summed E-state index contributed by atoms with van der Waals surface area (Å²) in [4.78, 5) is 4.05. The monoisotopic (exact) mass is 266 g/mol. The summed E-state index contributed by atoms with van der Waals surface area (Å²) in [7, 11) is 0. The number of halogens is 2. The van der Waals surface area contributed by atoms with Crippen molar-refractivity contribution in [2.24, 2.45) is 5.73 Å². The fourth-order valence-electron chi connectivity index (χ4n) is 1.40. The highest BCUT2D eigenvalue weighted by Crippen LogP contribution is 2.27. The molecule has 0 amide bonds. The fourth-order valence-corrected chi connectivity index (χ4v) is 1.56. The first-order valence-electron chi connectivity index (χ1n) is 5.41. The maximum Gasteiger partial charge on any atom is 0.219 e. The number of aromatic nitrogens is 1. The van der Waals surface area contributed by atoms with E-state index in [-0.39, 0.29) is 16.8 Å². The van der Waals surface area contributed by atoms with E-state index in [4.69, 9.17) is 22.1 Å². The minimum atomic E-state index is -0.600. The Morgan fingerprint density at radius 2 is 2.11 bits per heavy atom. The zero-order chi connectivity index (χ0) is 13.1. The van der Waals surface area contributed by atoms with Crippen molar-refractivity contribution in [3.05, 3.63) is 52.9 Å². The molecule has 0 saturated carbocycles. The first-order chi connectivity index (χ1) is 8.58. The Hall–Kier alpha value is -1.65. The average Bonchev–Trinajstić information content (AvgIpc) is 2.36. The Morgan fingerprint density at radius 3 is 2.72 bits per heavy atom. The number of pyridine rings is 1. The van der Waals surface area contributed by atoms with Gasteiger partial charge in [0.05, 0.1) is 5.02 Å². The lowest BCUT2D eigenvalue weighted by Crippen LogP contribution is -2.05. The molecule has 0 bridgehead atoms. The van der Waals surface area contributed by atoms with Crippen molar-refractivity contribution in [3.8, 4) is 11.6 Å². The van der Waals surface area contributed by atoms with Crippen molar-refractivity contribution in [1.82, 2.24) is 4.98 Å². The Balaban J connectivity index is 2.21. The molecule has 1 aromatic carbocycles. The van der Waals surface area contributed by atoms with Gasteiger partial charge >= 0.3 is 0 Å². The normalized spacial score (nSPS) is 12.2. The van der Waals surface area contributed by atoms with Gasteiger partial charge < -0.3 is 10.5 Å². The van der Waals surface area contributed by atoms with Crippen LogP contribution in [0.4, 0.5) is 4.39 Å². The summed E-state index contributed by atoms with van der Waals surface area (Å²) >= 11 is 5.65.